The molecule has 12 atom stereocenters. The normalized spacial score (nSPS) is 36.6. The molecule has 2 N–H and O–H groups in total. The van der Waals surface area contributed by atoms with Crippen LogP contribution in [0.4, 0.5) is 0 Å². The smallest absolute Gasteiger partial charge is 0.302 e. The summed E-state index contributed by atoms with van der Waals surface area (Å²) in [5.41, 5.74) is -2.09. The van der Waals surface area contributed by atoms with Crippen molar-refractivity contribution < 1.29 is 77.9 Å². The molecule has 7 nitrogen and oxygen atoms in total. The van der Waals surface area contributed by atoms with Crippen molar-refractivity contribution in [1.29, 1.82) is 0 Å². The first-order valence-corrected chi connectivity index (χ1v) is 24.7. The van der Waals surface area contributed by atoms with Gasteiger partial charge in [0.15, 0.2) is 0 Å². The summed E-state index contributed by atoms with van der Waals surface area (Å²) >= 11 is 0. The number of hydrogen-bond donors (Lipinski definition) is 2. The van der Waals surface area contributed by atoms with E-state index < -0.39 is 74.2 Å². The Kier molecular flexibility index (Phi) is 14.5. The van der Waals surface area contributed by atoms with Gasteiger partial charge in [-0.25, -0.2) is 0 Å². The number of rotatable bonds is 9. The number of hydrogen-bond acceptors (Lipinski definition) is 7. The SMILES string of the molecule is CC(=O)OC(C1CC(O)C(C)=CC1(C)C)C1C2(O)COC2CC(OP(P(P)P)P(P)P)C1(C)C(=O)C(C)C.[Ac]. The Balaban J connectivity index is 0.00000533. The van der Waals surface area contributed by atoms with E-state index >= 15 is 0 Å². The summed E-state index contributed by atoms with van der Waals surface area (Å²) in [6.45, 7) is 11.9. The topological polar surface area (TPSA) is 102 Å². The van der Waals surface area contributed by atoms with Crippen molar-refractivity contribution in [3.05, 3.63) is 11.6 Å². The number of carbonyl (C=O) groups excluding carboxylic acids is 2. The molecular formula is C24H45AcO7P7. The summed E-state index contributed by atoms with van der Waals surface area (Å²) < 4.78 is 18.9. The van der Waals surface area contributed by atoms with E-state index in [1.165, 1.54) is 6.92 Å². The first kappa shape index (κ1) is 38.4. The van der Waals surface area contributed by atoms with Crippen LogP contribution in [0.1, 0.15) is 61.3 Å². The minimum Gasteiger partial charge on any atom is -0.462 e. The van der Waals surface area contributed by atoms with Crippen LogP contribution in [0.2, 0.25) is 0 Å². The summed E-state index contributed by atoms with van der Waals surface area (Å²) in [6, 6.07) is 0. The third-order valence-electron chi connectivity index (χ3n) is 8.61. The Morgan fingerprint density at radius 2 is 1.69 bits per heavy atom. The fraction of sp³-hybridized carbons (Fsp3) is 0.833. The minimum atomic E-state index is -1.36. The van der Waals surface area contributed by atoms with Crippen LogP contribution in [0.3, 0.4) is 0 Å². The fourth-order valence-corrected chi connectivity index (χ4v) is 39.7. The maximum atomic E-state index is 14.3. The molecule has 221 valence electrons. The van der Waals surface area contributed by atoms with Gasteiger partial charge in [-0.15, -0.1) is 35.7 Å². The van der Waals surface area contributed by atoms with Gasteiger partial charge >= 0.3 is 5.97 Å². The molecule has 3 aliphatic rings. The third-order valence-corrected chi connectivity index (χ3v) is 31.0. The molecule has 15 heteroatoms. The third kappa shape index (κ3) is 7.77. The first-order valence-electron chi connectivity index (χ1n) is 12.9. The van der Waals surface area contributed by atoms with Crippen molar-refractivity contribution in [2.24, 2.45) is 28.6 Å². The molecule has 2 aliphatic carbocycles. The molecule has 3 rings (SSSR count). The van der Waals surface area contributed by atoms with Gasteiger partial charge in [0, 0.05) is 75.2 Å². The number of allylic oxidation sites excluding steroid dienone is 1. The van der Waals surface area contributed by atoms with Gasteiger partial charge < -0.3 is 24.2 Å². The zero-order valence-corrected chi connectivity index (χ0v) is 36.0. The van der Waals surface area contributed by atoms with Crippen molar-refractivity contribution in [3.63, 3.8) is 0 Å². The van der Waals surface area contributed by atoms with E-state index in [4.69, 9.17) is 14.0 Å². The number of carbonyl (C=O) groups is 2. The summed E-state index contributed by atoms with van der Waals surface area (Å²) in [6.07, 6.45) is 0.203. The Hall–Kier alpha value is 3.17. The van der Waals surface area contributed by atoms with Crippen LogP contribution in [0.5, 0.6) is 0 Å². The van der Waals surface area contributed by atoms with Crippen LogP contribution in [0.15, 0.2) is 11.6 Å². The van der Waals surface area contributed by atoms with E-state index in [2.05, 4.69) is 49.6 Å². The van der Waals surface area contributed by atoms with Gasteiger partial charge in [0.1, 0.15) is 17.5 Å². The van der Waals surface area contributed by atoms with E-state index in [-0.39, 0.29) is 68.3 Å². The molecule has 0 aromatic heterocycles. The van der Waals surface area contributed by atoms with Crippen molar-refractivity contribution in [2.75, 3.05) is 6.61 Å². The van der Waals surface area contributed by atoms with E-state index in [1.807, 2.05) is 33.8 Å². The van der Waals surface area contributed by atoms with E-state index in [0.29, 0.717) is 12.8 Å². The van der Waals surface area contributed by atoms with Crippen LogP contribution in [0.25, 0.3) is 0 Å². The molecular weight excluding hydrogens is 844 g/mol. The van der Waals surface area contributed by atoms with Crippen LogP contribution in [-0.4, -0.2) is 58.6 Å². The van der Waals surface area contributed by atoms with Crippen LogP contribution < -0.4 is 0 Å². The minimum absolute atomic E-state index is 0. The number of esters is 1. The van der Waals surface area contributed by atoms with E-state index in [9.17, 15) is 19.8 Å². The largest absolute Gasteiger partial charge is 0.462 e. The molecule has 0 aromatic rings. The van der Waals surface area contributed by atoms with Gasteiger partial charge in [-0.3, -0.25) is 9.59 Å². The van der Waals surface area contributed by atoms with Crippen molar-refractivity contribution in [1.82, 2.24) is 0 Å². The molecule has 1 saturated heterocycles. The second-order valence-electron chi connectivity index (χ2n) is 12.1. The Labute approximate surface area is 282 Å². The van der Waals surface area contributed by atoms with Gasteiger partial charge in [0.05, 0.1) is 37.9 Å². The average Bonchev–Trinajstić information content (AvgIpc) is 2.77. The van der Waals surface area contributed by atoms with Crippen molar-refractivity contribution >= 4 is 69.0 Å². The maximum Gasteiger partial charge on any atom is 0.302 e. The quantitative estimate of drug-likeness (QED) is 0.157. The van der Waals surface area contributed by atoms with Gasteiger partial charge in [0.2, 0.25) is 0 Å². The second-order valence-corrected chi connectivity index (χ2v) is 35.7. The van der Waals surface area contributed by atoms with Gasteiger partial charge in [0.25, 0.3) is 0 Å². The van der Waals surface area contributed by atoms with E-state index in [1.54, 1.807) is 0 Å². The molecule has 12 unspecified atom stereocenters. The van der Waals surface area contributed by atoms with Crippen molar-refractivity contribution in [2.45, 2.75) is 91.3 Å². The predicted octanol–water partition coefficient (Wildman–Crippen LogP) is 6.39. The summed E-state index contributed by atoms with van der Waals surface area (Å²) in [5, 5.41) is 23.1. The number of fused-ring (bicyclic) bond motifs is 1. The first-order chi connectivity index (χ1) is 17.4. The van der Waals surface area contributed by atoms with E-state index in [0.717, 1.165) is 5.57 Å². The number of ether oxygens (including phenoxy) is 2. The number of Topliss-reactive ketones (excluding diaryl/α,β-unsaturated/α-hetero) is 1. The Morgan fingerprint density at radius 3 is 2.13 bits per heavy atom. The zero-order chi connectivity index (χ0) is 29.0. The standard InChI is InChI=1S/C24H45O7P7.Ac/c1-12(2)21(27)23(7)17(31-36(37(32)33)38(34)35)9-18-24(28,11-29-18)20(23)19(30-14(4)25)15-8-16(26)13(3)10-22(15,5)6;/h10,12,15-20,26,28H,8-9,11,32-35H2,1-7H3;. The van der Waals surface area contributed by atoms with Crippen LogP contribution >= 0.6 is 57.2 Å². The zero-order valence-electron chi connectivity index (χ0n) is 23.9. The molecule has 2 fully saturated rings. The molecule has 0 bridgehead atoms. The van der Waals surface area contributed by atoms with Crippen molar-refractivity contribution in [3.8, 4) is 0 Å². The number of aliphatic hydroxyl groups is 2. The molecule has 1 saturated carbocycles. The summed E-state index contributed by atoms with van der Waals surface area (Å²) in [7, 11) is 10.6. The molecule has 1 aliphatic heterocycles. The van der Waals surface area contributed by atoms with Crippen LogP contribution in [0, 0.1) is 72.6 Å². The molecule has 1 radical (unpaired) electrons. The molecule has 0 spiro atoms. The number of aliphatic hydroxyl groups excluding tert-OH is 1. The van der Waals surface area contributed by atoms with Crippen LogP contribution in [-0.2, 0) is 23.6 Å². The summed E-state index contributed by atoms with van der Waals surface area (Å²) in [5.74, 6) is -1.93. The molecule has 0 amide bonds. The van der Waals surface area contributed by atoms with Gasteiger partial charge in [-0.05, 0) is 45.2 Å². The Bertz CT molecular complexity index is 944. The average molecular weight is 889 g/mol. The fourth-order valence-electron chi connectivity index (χ4n) is 6.80. The van der Waals surface area contributed by atoms with Gasteiger partial charge in [-0.1, -0.05) is 33.8 Å². The Morgan fingerprint density at radius 1 is 1.13 bits per heavy atom. The van der Waals surface area contributed by atoms with Gasteiger partial charge in [-0.2, -0.15) is 0 Å². The predicted molar refractivity (Wildman–Crippen MR) is 172 cm³/mol. The molecule has 39 heavy (non-hydrogen) atoms. The molecule has 1 heterocycles. The maximum absolute atomic E-state index is 14.3. The monoisotopic (exact) mass is 889 g/mol. The number of ketones is 1. The second kappa shape index (κ2) is 14.7. The summed E-state index contributed by atoms with van der Waals surface area (Å²) in [4.78, 5) is 26.9. The molecule has 0 aromatic carbocycles.